The van der Waals surface area contributed by atoms with E-state index in [1.54, 1.807) is 13.2 Å². The van der Waals surface area contributed by atoms with Gasteiger partial charge in [0.25, 0.3) is 0 Å². The summed E-state index contributed by atoms with van der Waals surface area (Å²) < 4.78 is 5.07. The first-order chi connectivity index (χ1) is 8.66. The maximum Gasteiger partial charge on any atom is 0.310 e. The van der Waals surface area contributed by atoms with Gasteiger partial charge in [0.2, 0.25) is 5.88 Å². The number of carboxylic acids is 1. The van der Waals surface area contributed by atoms with E-state index >= 15 is 0 Å². The molecule has 1 fully saturated rings. The Kier molecular flexibility index (Phi) is 3.81. The Hall–Kier alpha value is -1.62. The molecule has 18 heavy (non-hydrogen) atoms. The number of nitrogens with one attached hydrogen (secondary N) is 1. The molecule has 0 aliphatic carbocycles. The largest absolute Gasteiger partial charge is 0.481 e. The van der Waals surface area contributed by atoms with Crippen LogP contribution in [-0.4, -0.2) is 36.3 Å². The minimum absolute atomic E-state index is 0.460. The average molecular weight is 250 g/mol. The zero-order valence-electron chi connectivity index (χ0n) is 10.5. The topological polar surface area (TPSA) is 71.5 Å². The van der Waals surface area contributed by atoms with Crippen LogP contribution in [0.3, 0.4) is 0 Å². The number of pyridine rings is 1. The van der Waals surface area contributed by atoms with Crippen LogP contribution in [0, 0.1) is 5.41 Å². The Balaban J connectivity index is 2.20. The molecule has 1 aliphatic heterocycles. The van der Waals surface area contributed by atoms with Gasteiger partial charge in [-0.05, 0) is 32.0 Å². The Morgan fingerprint density at radius 1 is 1.50 bits per heavy atom. The molecular formula is C13H18N2O3. The van der Waals surface area contributed by atoms with Crippen LogP contribution in [0.2, 0.25) is 0 Å². The number of ether oxygens (including phenoxy) is 1. The molecule has 1 saturated heterocycles. The van der Waals surface area contributed by atoms with E-state index in [1.807, 2.05) is 12.1 Å². The van der Waals surface area contributed by atoms with Gasteiger partial charge in [0.1, 0.15) is 0 Å². The van der Waals surface area contributed by atoms with Crippen LogP contribution in [0.4, 0.5) is 0 Å². The van der Waals surface area contributed by atoms with Crippen LogP contribution in [0.1, 0.15) is 18.5 Å². The summed E-state index contributed by atoms with van der Waals surface area (Å²) in [6.07, 6.45) is 1.74. The third-order valence-electron chi connectivity index (χ3n) is 3.52. The van der Waals surface area contributed by atoms with Crippen molar-refractivity contribution in [3.05, 3.63) is 23.9 Å². The van der Waals surface area contributed by atoms with Gasteiger partial charge in [-0.2, -0.15) is 0 Å². The number of hydrogen-bond donors (Lipinski definition) is 2. The van der Waals surface area contributed by atoms with Gasteiger partial charge in [-0.15, -0.1) is 0 Å². The average Bonchev–Trinajstić information content (AvgIpc) is 2.40. The Labute approximate surface area is 106 Å². The lowest BCUT2D eigenvalue weighted by Crippen LogP contribution is -2.43. The predicted octanol–water partition coefficient (Wildman–Crippen LogP) is 1.09. The van der Waals surface area contributed by atoms with Gasteiger partial charge in [0, 0.05) is 18.2 Å². The zero-order valence-corrected chi connectivity index (χ0v) is 10.5. The smallest absolute Gasteiger partial charge is 0.310 e. The van der Waals surface area contributed by atoms with Gasteiger partial charge in [-0.3, -0.25) is 4.79 Å². The van der Waals surface area contributed by atoms with Crippen LogP contribution in [0.15, 0.2) is 18.2 Å². The van der Waals surface area contributed by atoms with Crippen molar-refractivity contribution in [3.8, 4) is 5.88 Å². The van der Waals surface area contributed by atoms with Gasteiger partial charge >= 0.3 is 5.97 Å². The maximum atomic E-state index is 11.5. The highest BCUT2D eigenvalue weighted by atomic mass is 16.5. The fourth-order valence-electron chi connectivity index (χ4n) is 2.39. The zero-order chi connectivity index (χ0) is 13.0. The Bertz CT molecular complexity index is 428. The minimum Gasteiger partial charge on any atom is -0.481 e. The summed E-state index contributed by atoms with van der Waals surface area (Å²) in [5.41, 5.74) is 0.0867. The summed E-state index contributed by atoms with van der Waals surface area (Å²) in [7, 11) is 1.56. The third-order valence-corrected chi connectivity index (χ3v) is 3.52. The quantitative estimate of drug-likeness (QED) is 0.837. The van der Waals surface area contributed by atoms with Gasteiger partial charge in [0.05, 0.1) is 12.5 Å². The molecule has 0 radical (unpaired) electrons. The number of rotatable bonds is 4. The molecular weight excluding hydrogens is 232 g/mol. The van der Waals surface area contributed by atoms with Crippen molar-refractivity contribution in [1.29, 1.82) is 0 Å². The highest BCUT2D eigenvalue weighted by Gasteiger charge is 2.40. The van der Waals surface area contributed by atoms with Crippen LogP contribution < -0.4 is 10.1 Å². The van der Waals surface area contributed by atoms with Gasteiger partial charge in [0.15, 0.2) is 0 Å². The number of aromatic nitrogens is 1. The monoisotopic (exact) mass is 250 g/mol. The minimum atomic E-state index is -0.728. The summed E-state index contributed by atoms with van der Waals surface area (Å²) in [4.78, 5) is 15.9. The molecule has 0 spiro atoms. The van der Waals surface area contributed by atoms with Crippen LogP contribution in [0.5, 0.6) is 5.88 Å². The number of methoxy groups -OCH3 is 1. The second-order valence-corrected chi connectivity index (χ2v) is 4.68. The lowest BCUT2D eigenvalue weighted by molar-refractivity contribution is -0.150. The molecule has 0 amide bonds. The van der Waals surface area contributed by atoms with Crippen LogP contribution in [-0.2, 0) is 11.2 Å². The summed E-state index contributed by atoms with van der Waals surface area (Å²) in [6, 6.07) is 5.46. The molecule has 0 unspecified atom stereocenters. The van der Waals surface area contributed by atoms with E-state index in [2.05, 4.69) is 10.3 Å². The summed E-state index contributed by atoms with van der Waals surface area (Å²) in [5.74, 6) is -0.199. The van der Waals surface area contributed by atoms with E-state index in [1.165, 1.54) is 0 Å². The van der Waals surface area contributed by atoms with Gasteiger partial charge < -0.3 is 15.2 Å². The maximum absolute atomic E-state index is 11.5. The molecule has 5 heteroatoms. The van der Waals surface area contributed by atoms with Crippen molar-refractivity contribution < 1.29 is 14.6 Å². The second kappa shape index (κ2) is 5.35. The highest BCUT2D eigenvalue weighted by Crippen LogP contribution is 2.33. The number of carboxylic acid groups (broad SMARTS) is 1. The molecule has 1 aliphatic rings. The molecule has 2 heterocycles. The van der Waals surface area contributed by atoms with Crippen molar-refractivity contribution in [2.75, 3.05) is 20.2 Å². The number of hydrogen-bond acceptors (Lipinski definition) is 4. The van der Waals surface area contributed by atoms with Crippen molar-refractivity contribution in [1.82, 2.24) is 10.3 Å². The first-order valence-corrected chi connectivity index (χ1v) is 6.10. The molecule has 1 aromatic rings. The standard InChI is InChI=1S/C13H18N2O3/c1-18-11-4-2-3-10(15-11)9-13(12(16)17)5-7-14-8-6-13/h2-4,14H,5-9H2,1H3,(H,16,17). The Morgan fingerprint density at radius 3 is 2.83 bits per heavy atom. The summed E-state index contributed by atoms with van der Waals surface area (Å²) in [5, 5.41) is 12.7. The lowest BCUT2D eigenvalue weighted by atomic mass is 9.75. The molecule has 0 atom stereocenters. The SMILES string of the molecule is COc1cccc(CC2(C(=O)O)CCNCC2)n1. The summed E-state index contributed by atoms with van der Waals surface area (Å²) in [6.45, 7) is 1.49. The van der Waals surface area contributed by atoms with E-state index in [-0.39, 0.29) is 0 Å². The van der Waals surface area contributed by atoms with E-state index in [0.29, 0.717) is 25.1 Å². The normalized spacial score (nSPS) is 18.3. The molecule has 1 aromatic heterocycles. The number of carbonyl (C=O) groups is 1. The third kappa shape index (κ3) is 2.61. The summed E-state index contributed by atoms with van der Waals surface area (Å²) >= 11 is 0. The van der Waals surface area contributed by atoms with Crippen molar-refractivity contribution in [2.24, 2.45) is 5.41 Å². The molecule has 0 saturated carbocycles. The lowest BCUT2D eigenvalue weighted by Gasteiger charge is -2.33. The molecule has 2 N–H and O–H groups in total. The fourth-order valence-corrected chi connectivity index (χ4v) is 2.39. The van der Waals surface area contributed by atoms with Crippen molar-refractivity contribution in [3.63, 3.8) is 0 Å². The van der Waals surface area contributed by atoms with E-state index in [0.717, 1.165) is 18.8 Å². The van der Waals surface area contributed by atoms with Crippen molar-refractivity contribution >= 4 is 5.97 Å². The van der Waals surface area contributed by atoms with Crippen LogP contribution >= 0.6 is 0 Å². The van der Waals surface area contributed by atoms with E-state index in [4.69, 9.17) is 4.74 Å². The Morgan fingerprint density at radius 2 is 2.22 bits per heavy atom. The highest BCUT2D eigenvalue weighted by molar-refractivity contribution is 5.75. The molecule has 0 aromatic carbocycles. The molecule has 2 rings (SSSR count). The molecule has 5 nitrogen and oxygen atoms in total. The van der Waals surface area contributed by atoms with E-state index in [9.17, 15) is 9.90 Å². The fraction of sp³-hybridized carbons (Fsp3) is 0.538. The van der Waals surface area contributed by atoms with E-state index < -0.39 is 11.4 Å². The van der Waals surface area contributed by atoms with Crippen molar-refractivity contribution in [2.45, 2.75) is 19.3 Å². The second-order valence-electron chi connectivity index (χ2n) is 4.68. The first kappa shape index (κ1) is 12.8. The van der Waals surface area contributed by atoms with Gasteiger partial charge in [-0.1, -0.05) is 6.07 Å². The van der Waals surface area contributed by atoms with Crippen LogP contribution in [0.25, 0.3) is 0 Å². The molecule has 98 valence electrons. The number of piperidine rings is 1. The number of nitrogens with zero attached hydrogens (tertiary/aromatic N) is 1. The first-order valence-electron chi connectivity index (χ1n) is 6.10. The van der Waals surface area contributed by atoms with Gasteiger partial charge in [-0.25, -0.2) is 4.98 Å². The predicted molar refractivity (Wildman–Crippen MR) is 66.7 cm³/mol. The number of aliphatic carboxylic acids is 1. The molecule has 0 bridgehead atoms.